The monoisotopic (exact) mass is 205 g/mol. The Morgan fingerprint density at radius 2 is 2.07 bits per heavy atom. The van der Waals surface area contributed by atoms with E-state index in [-0.39, 0.29) is 0 Å². The molecule has 0 saturated heterocycles. The van der Waals surface area contributed by atoms with Gasteiger partial charge in [0.1, 0.15) is 0 Å². The maximum atomic E-state index is 8.88. The van der Waals surface area contributed by atoms with E-state index in [1.807, 2.05) is 31.2 Å². The summed E-state index contributed by atoms with van der Waals surface area (Å²) in [5.74, 6) is -0.683. The van der Waals surface area contributed by atoms with Crippen LogP contribution in [-0.2, 0) is 0 Å². The van der Waals surface area contributed by atoms with E-state index in [0.29, 0.717) is 6.42 Å². The van der Waals surface area contributed by atoms with E-state index in [0.717, 1.165) is 16.7 Å². The van der Waals surface area contributed by atoms with Gasteiger partial charge in [-0.05, 0) is 30.0 Å². The van der Waals surface area contributed by atoms with E-state index >= 15 is 0 Å². The van der Waals surface area contributed by atoms with E-state index in [4.69, 9.17) is 15.8 Å². The fourth-order valence-electron chi connectivity index (χ4n) is 1.47. The Balaban J connectivity index is 2.74. The maximum Gasteiger partial charge on any atom is 0.469 e. The summed E-state index contributed by atoms with van der Waals surface area (Å²) < 4.78 is 0. The topological polar surface area (TPSA) is 66.5 Å². The van der Waals surface area contributed by atoms with Crippen molar-refractivity contribution < 1.29 is 10.0 Å². The highest BCUT2D eigenvalue weighted by atomic mass is 16.4. The molecule has 0 saturated carbocycles. The van der Waals surface area contributed by atoms with Crippen molar-refractivity contribution in [3.05, 3.63) is 42.0 Å². The minimum absolute atomic E-state index is 0.377. The number of hydrogen-bond acceptors (Lipinski definition) is 3. The number of hydrogen-bond donors (Lipinski definition) is 3. The fourth-order valence-corrected chi connectivity index (χ4v) is 1.47. The van der Waals surface area contributed by atoms with Gasteiger partial charge in [-0.1, -0.05) is 30.8 Å². The summed E-state index contributed by atoms with van der Waals surface area (Å²) in [7, 11) is -1.49. The first-order valence-corrected chi connectivity index (χ1v) is 4.88. The second-order valence-electron chi connectivity index (χ2n) is 3.70. The van der Waals surface area contributed by atoms with Gasteiger partial charge in [0.05, 0.1) is 0 Å². The Labute approximate surface area is 90.4 Å². The quantitative estimate of drug-likeness (QED) is 0.635. The number of benzene rings is 1. The lowest BCUT2D eigenvalue weighted by molar-refractivity contribution is 0.388. The minimum atomic E-state index is -1.49. The van der Waals surface area contributed by atoms with Gasteiger partial charge in [-0.15, -0.1) is 0 Å². The van der Waals surface area contributed by atoms with Crippen LogP contribution >= 0.6 is 0 Å². The molecule has 4 heteroatoms. The molecule has 0 spiro atoms. The zero-order valence-electron chi connectivity index (χ0n) is 8.85. The SMILES string of the molecule is C=C(CC(N)B(O)O)c1ccccc1C. The van der Waals surface area contributed by atoms with Crippen molar-refractivity contribution >= 4 is 12.7 Å². The van der Waals surface area contributed by atoms with Gasteiger partial charge >= 0.3 is 7.12 Å². The van der Waals surface area contributed by atoms with Crippen LogP contribution in [-0.4, -0.2) is 23.1 Å². The summed E-state index contributed by atoms with van der Waals surface area (Å²) in [6.07, 6.45) is 0.377. The first kappa shape index (κ1) is 12.0. The van der Waals surface area contributed by atoms with Crippen molar-refractivity contribution in [1.29, 1.82) is 0 Å². The van der Waals surface area contributed by atoms with E-state index in [1.165, 1.54) is 0 Å². The predicted octanol–water partition coefficient (Wildman–Crippen LogP) is 0.738. The van der Waals surface area contributed by atoms with Crippen LogP contribution in [0.2, 0.25) is 0 Å². The van der Waals surface area contributed by atoms with Crippen LogP contribution < -0.4 is 5.73 Å². The first-order chi connectivity index (χ1) is 7.02. The lowest BCUT2D eigenvalue weighted by atomic mass is 9.76. The Kier molecular flexibility index (Phi) is 4.09. The van der Waals surface area contributed by atoms with Crippen molar-refractivity contribution in [2.24, 2.45) is 5.73 Å². The molecule has 0 aromatic heterocycles. The molecule has 1 unspecified atom stereocenters. The molecular weight excluding hydrogens is 189 g/mol. The van der Waals surface area contributed by atoms with Crippen LogP contribution in [0.3, 0.4) is 0 Å². The van der Waals surface area contributed by atoms with Gasteiger partial charge in [-0.2, -0.15) is 0 Å². The highest BCUT2D eigenvalue weighted by Gasteiger charge is 2.20. The van der Waals surface area contributed by atoms with E-state index in [1.54, 1.807) is 0 Å². The van der Waals surface area contributed by atoms with Crippen molar-refractivity contribution in [3.63, 3.8) is 0 Å². The van der Waals surface area contributed by atoms with Crippen molar-refractivity contribution in [2.45, 2.75) is 19.3 Å². The summed E-state index contributed by atoms with van der Waals surface area (Å²) in [5.41, 5.74) is 8.51. The Hall–Kier alpha value is -1.10. The third-order valence-corrected chi connectivity index (χ3v) is 2.39. The minimum Gasteiger partial charge on any atom is -0.426 e. The largest absolute Gasteiger partial charge is 0.469 e. The van der Waals surface area contributed by atoms with Gasteiger partial charge in [0.25, 0.3) is 0 Å². The molecule has 3 nitrogen and oxygen atoms in total. The molecule has 0 radical (unpaired) electrons. The lowest BCUT2D eigenvalue weighted by Gasteiger charge is -2.13. The zero-order valence-corrected chi connectivity index (χ0v) is 8.85. The average Bonchev–Trinajstić information content (AvgIpc) is 2.18. The van der Waals surface area contributed by atoms with Crippen LogP contribution in [0.15, 0.2) is 30.8 Å². The van der Waals surface area contributed by atoms with Crippen LogP contribution in [0.25, 0.3) is 5.57 Å². The molecule has 15 heavy (non-hydrogen) atoms. The van der Waals surface area contributed by atoms with Crippen molar-refractivity contribution in [1.82, 2.24) is 0 Å². The van der Waals surface area contributed by atoms with Gasteiger partial charge in [-0.25, -0.2) is 0 Å². The molecule has 80 valence electrons. The Morgan fingerprint density at radius 1 is 1.47 bits per heavy atom. The zero-order chi connectivity index (χ0) is 11.4. The summed E-state index contributed by atoms with van der Waals surface area (Å²) in [5, 5.41) is 17.8. The highest BCUT2D eigenvalue weighted by Crippen LogP contribution is 2.20. The molecule has 4 N–H and O–H groups in total. The van der Waals surface area contributed by atoms with Crippen LogP contribution in [0.4, 0.5) is 0 Å². The van der Waals surface area contributed by atoms with Gasteiger partial charge < -0.3 is 15.8 Å². The summed E-state index contributed by atoms with van der Waals surface area (Å²) in [6, 6.07) is 7.82. The standard InChI is InChI=1S/C11H16BNO2/c1-8-5-3-4-6-10(8)9(2)7-11(13)12(14)15/h3-6,11,14-15H,2,7,13H2,1H3. The molecule has 0 bridgehead atoms. The molecular formula is C11H16BNO2. The van der Waals surface area contributed by atoms with Crippen molar-refractivity contribution in [2.75, 3.05) is 0 Å². The Morgan fingerprint density at radius 3 is 2.60 bits per heavy atom. The smallest absolute Gasteiger partial charge is 0.426 e. The van der Waals surface area contributed by atoms with Crippen LogP contribution in [0.5, 0.6) is 0 Å². The molecule has 1 aromatic carbocycles. The lowest BCUT2D eigenvalue weighted by Crippen LogP contribution is -2.38. The number of rotatable bonds is 4. The molecule has 0 fully saturated rings. The van der Waals surface area contributed by atoms with Crippen molar-refractivity contribution in [3.8, 4) is 0 Å². The summed E-state index contributed by atoms with van der Waals surface area (Å²) >= 11 is 0. The summed E-state index contributed by atoms with van der Waals surface area (Å²) in [6.45, 7) is 5.89. The molecule has 1 atom stereocenters. The second kappa shape index (κ2) is 5.12. The normalized spacial score (nSPS) is 12.3. The predicted molar refractivity (Wildman–Crippen MR) is 63.0 cm³/mol. The first-order valence-electron chi connectivity index (χ1n) is 4.88. The molecule has 0 amide bonds. The molecule has 0 heterocycles. The molecule has 0 aliphatic heterocycles. The van der Waals surface area contributed by atoms with E-state index in [9.17, 15) is 0 Å². The third-order valence-electron chi connectivity index (χ3n) is 2.39. The third kappa shape index (κ3) is 3.20. The molecule has 1 rings (SSSR count). The van der Waals surface area contributed by atoms with Gasteiger partial charge in [0.2, 0.25) is 0 Å². The van der Waals surface area contributed by atoms with Gasteiger partial charge in [0, 0.05) is 5.94 Å². The highest BCUT2D eigenvalue weighted by molar-refractivity contribution is 6.43. The number of aryl methyl sites for hydroxylation is 1. The van der Waals surface area contributed by atoms with Crippen LogP contribution in [0, 0.1) is 6.92 Å². The number of nitrogens with two attached hydrogens (primary N) is 1. The maximum absolute atomic E-state index is 8.88. The average molecular weight is 205 g/mol. The second-order valence-corrected chi connectivity index (χ2v) is 3.70. The fraction of sp³-hybridized carbons (Fsp3) is 0.273. The summed E-state index contributed by atoms with van der Waals surface area (Å²) in [4.78, 5) is 0. The van der Waals surface area contributed by atoms with E-state index < -0.39 is 13.1 Å². The van der Waals surface area contributed by atoms with E-state index in [2.05, 4.69) is 6.58 Å². The Bertz CT molecular complexity index is 352. The van der Waals surface area contributed by atoms with Crippen LogP contribution in [0.1, 0.15) is 17.5 Å². The molecule has 0 aliphatic carbocycles. The van der Waals surface area contributed by atoms with Gasteiger partial charge in [-0.3, -0.25) is 0 Å². The van der Waals surface area contributed by atoms with Gasteiger partial charge in [0.15, 0.2) is 0 Å². The molecule has 1 aromatic rings. The molecule has 0 aliphatic rings.